The number of ether oxygens (including phenoxy) is 2. The van der Waals surface area contributed by atoms with E-state index in [-0.39, 0.29) is 28.0 Å². The molecule has 0 bridgehead atoms. The number of esters is 1. The fourth-order valence-corrected chi connectivity index (χ4v) is 2.07. The second-order valence-electron chi connectivity index (χ2n) is 3.54. The first-order valence-electron chi connectivity index (χ1n) is 5.42. The van der Waals surface area contributed by atoms with E-state index in [2.05, 4.69) is 14.5 Å². The SMILES string of the molecule is CCOC(=O)Cc1cc(OC(F)(F)F)c(CF)c(I)n1. The van der Waals surface area contributed by atoms with Gasteiger partial charge in [-0.2, -0.15) is 0 Å². The van der Waals surface area contributed by atoms with Crippen molar-refractivity contribution in [3.63, 3.8) is 0 Å². The van der Waals surface area contributed by atoms with Gasteiger partial charge in [0.25, 0.3) is 0 Å². The van der Waals surface area contributed by atoms with Crippen molar-refractivity contribution in [3.05, 3.63) is 21.0 Å². The van der Waals surface area contributed by atoms with Crippen molar-refractivity contribution in [1.29, 1.82) is 0 Å². The van der Waals surface area contributed by atoms with Gasteiger partial charge in [0.15, 0.2) is 0 Å². The van der Waals surface area contributed by atoms with Gasteiger partial charge in [-0.25, -0.2) is 9.37 Å². The van der Waals surface area contributed by atoms with Crippen LogP contribution in [-0.2, 0) is 22.6 Å². The van der Waals surface area contributed by atoms with Crippen LogP contribution in [0.15, 0.2) is 6.07 Å². The van der Waals surface area contributed by atoms with Gasteiger partial charge in [0.05, 0.1) is 24.3 Å². The number of nitrogens with zero attached hydrogens (tertiary/aromatic N) is 1. The molecule has 0 aliphatic rings. The number of alkyl halides is 4. The molecule has 0 radical (unpaired) electrons. The van der Waals surface area contributed by atoms with E-state index in [1.807, 2.05) is 0 Å². The van der Waals surface area contributed by atoms with Gasteiger partial charge in [-0.05, 0) is 29.5 Å². The minimum atomic E-state index is -4.95. The Morgan fingerprint density at radius 3 is 2.60 bits per heavy atom. The van der Waals surface area contributed by atoms with Gasteiger partial charge in [0.1, 0.15) is 16.1 Å². The molecule has 1 aromatic rings. The van der Waals surface area contributed by atoms with Crippen molar-refractivity contribution in [2.75, 3.05) is 6.61 Å². The van der Waals surface area contributed by atoms with Crippen LogP contribution in [0.1, 0.15) is 18.2 Å². The minimum Gasteiger partial charge on any atom is -0.466 e. The zero-order valence-electron chi connectivity index (χ0n) is 10.3. The molecule has 4 nitrogen and oxygen atoms in total. The third kappa shape index (κ3) is 5.10. The van der Waals surface area contributed by atoms with E-state index in [9.17, 15) is 22.4 Å². The molecular weight excluding hydrogens is 397 g/mol. The number of aromatic nitrogens is 1. The van der Waals surface area contributed by atoms with E-state index >= 15 is 0 Å². The Labute approximate surface area is 125 Å². The summed E-state index contributed by atoms with van der Waals surface area (Å²) in [6.07, 6.45) is -5.26. The van der Waals surface area contributed by atoms with E-state index in [0.29, 0.717) is 0 Å². The van der Waals surface area contributed by atoms with E-state index in [1.165, 1.54) is 0 Å². The van der Waals surface area contributed by atoms with Crippen molar-refractivity contribution in [2.24, 2.45) is 0 Å². The van der Waals surface area contributed by atoms with Crippen LogP contribution in [0.25, 0.3) is 0 Å². The van der Waals surface area contributed by atoms with E-state index in [0.717, 1.165) is 6.07 Å². The van der Waals surface area contributed by atoms with Crippen LogP contribution in [0.5, 0.6) is 5.75 Å². The molecule has 1 aromatic heterocycles. The first kappa shape index (κ1) is 16.9. The minimum absolute atomic E-state index is 0.00569. The summed E-state index contributed by atoms with van der Waals surface area (Å²) in [5, 5.41) is 0. The number of rotatable bonds is 5. The van der Waals surface area contributed by atoms with Gasteiger partial charge in [0.2, 0.25) is 0 Å². The molecule has 0 unspecified atom stereocenters. The molecule has 0 N–H and O–H groups in total. The van der Waals surface area contributed by atoms with Crippen LogP contribution in [0.4, 0.5) is 17.6 Å². The molecule has 1 heterocycles. The third-order valence-electron chi connectivity index (χ3n) is 2.08. The number of pyridine rings is 1. The number of halogens is 5. The van der Waals surface area contributed by atoms with Gasteiger partial charge in [-0.3, -0.25) is 4.79 Å². The lowest BCUT2D eigenvalue weighted by Crippen LogP contribution is -2.19. The van der Waals surface area contributed by atoms with E-state index < -0.39 is 24.8 Å². The molecule has 0 aromatic carbocycles. The first-order chi connectivity index (χ1) is 9.26. The van der Waals surface area contributed by atoms with E-state index in [4.69, 9.17) is 0 Å². The molecule has 0 saturated carbocycles. The standard InChI is InChI=1S/C11H10F4INO3/c1-2-19-9(18)4-6-3-8(20-11(13,14)15)7(5-12)10(16)17-6/h3H,2,4-5H2,1H3. The average molecular weight is 407 g/mol. The molecule has 0 aliphatic heterocycles. The summed E-state index contributed by atoms with van der Waals surface area (Å²) in [5.74, 6) is -1.33. The summed E-state index contributed by atoms with van der Waals surface area (Å²) in [6, 6.07) is 0.890. The van der Waals surface area contributed by atoms with Crippen LogP contribution < -0.4 is 4.74 Å². The number of carbonyl (C=O) groups excluding carboxylic acids is 1. The second-order valence-corrected chi connectivity index (χ2v) is 4.57. The maximum atomic E-state index is 12.8. The molecular formula is C11H10F4INO3. The Morgan fingerprint density at radius 2 is 2.10 bits per heavy atom. The maximum absolute atomic E-state index is 12.8. The molecule has 0 fully saturated rings. The maximum Gasteiger partial charge on any atom is 0.573 e. The fraction of sp³-hybridized carbons (Fsp3) is 0.455. The highest BCUT2D eigenvalue weighted by Crippen LogP contribution is 2.30. The largest absolute Gasteiger partial charge is 0.573 e. The highest BCUT2D eigenvalue weighted by molar-refractivity contribution is 14.1. The number of hydrogen-bond donors (Lipinski definition) is 0. The van der Waals surface area contributed by atoms with Crippen LogP contribution >= 0.6 is 22.6 Å². The van der Waals surface area contributed by atoms with Crippen molar-refractivity contribution < 1.29 is 31.8 Å². The topological polar surface area (TPSA) is 48.4 Å². The zero-order chi connectivity index (χ0) is 15.3. The van der Waals surface area contributed by atoms with Gasteiger partial charge in [0, 0.05) is 6.07 Å². The van der Waals surface area contributed by atoms with Crippen LogP contribution in [0.2, 0.25) is 0 Å². The predicted molar refractivity (Wildman–Crippen MR) is 68.8 cm³/mol. The normalized spacial score (nSPS) is 11.3. The quantitative estimate of drug-likeness (QED) is 0.326. The van der Waals surface area contributed by atoms with Crippen LogP contribution in [0.3, 0.4) is 0 Å². The molecule has 0 saturated heterocycles. The Bertz CT molecular complexity index is 493. The number of carbonyl (C=O) groups is 1. The lowest BCUT2D eigenvalue weighted by atomic mass is 10.2. The Kier molecular flexibility index (Phi) is 5.96. The van der Waals surface area contributed by atoms with Crippen molar-refractivity contribution in [3.8, 4) is 5.75 Å². The Balaban J connectivity index is 3.07. The summed E-state index contributed by atoms with van der Waals surface area (Å²) >= 11 is 1.58. The molecule has 0 atom stereocenters. The molecule has 1 rings (SSSR count). The van der Waals surface area contributed by atoms with Gasteiger partial charge >= 0.3 is 12.3 Å². The molecule has 20 heavy (non-hydrogen) atoms. The molecule has 0 aliphatic carbocycles. The third-order valence-corrected chi connectivity index (χ3v) is 2.97. The smallest absolute Gasteiger partial charge is 0.466 e. The molecule has 0 spiro atoms. The van der Waals surface area contributed by atoms with Crippen molar-refractivity contribution in [1.82, 2.24) is 4.98 Å². The molecule has 9 heteroatoms. The van der Waals surface area contributed by atoms with E-state index in [1.54, 1.807) is 29.5 Å². The van der Waals surface area contributed by atoms with Gasteiger partial charge in [-0.1, -0.05) is 0 Å². The average Bonchev–Trinajstić information content (AvgIpc) is 2.26. The predicted octanol–water partition coefficient (Wildman–Crippen LogP) is 3.16. The highest BCUT2D eigenvalue weighted by Gasteiger charge is 2.33. The van der Waals surface area contributed by atoms with Crippen LogP contribution in [-0.4, -0.2) is 23.9 Å². The Morgan fingerprint density at radius 1 is 1.45 bits per heavy atom. The Hall–Kier alpha value is -1.13. The molecule has 112 valence electrons. The fourth-order valence-electron chi connectivity index (χ4n) is 1.35. The number of hydrogen-bond acceptors (Lipinski definition) is 4. The lowest BCUT2D eigenvalue weighted by molar-refractivity contribution is -0.275. The summed E-state index contributed by atoms with van der Waals surface area (Å²) < 4.78 is 57.9. The second kappa shape index (κ2) is 7.04. The highest BCUT2D eigenvalue weighted by atomic mass is 127. The summed E-state index contributed by atoms with van der Waals surface area (Å²) in [7, 11) is 0. The monoisotopic (exact) mass is 407 g/mol. The lowest BCUT2D eigenvalue weighted by Gasteiger charge is -2.14. The summed E-state index contributed by atoms with van der Waals surface area (Å²) in [6.45, 7) is 0.584. The summed E-state index contributed by atoms with van der Waals surface area (Å²) in [5.41, 5.74) is -0.292. The van der Waals surface area contributed by atoms with Crippen molar-refractivity contribution >= 4 is 28.6 Å². The summed E-state index contributed by atoms with van der Waals surface area (Å²) in [4.78, 5) is 15.1. The molecule has 0 amide bonds. The van der Waals surface area contributed by atoms with Gasteiger partial charge in [-0.15, -0.1) is 13.2 Å². The van der Waals surface area contributed by atoms with Gasteiger partial charge < -0.3 is 9.47 Å². The first-order valence-corrected chi connectivity index (χ1v) is 6.50. The zero-order valence-corrected chi connectivity index (χ0v) is 12.4. The van der Waals surface area contributed by atoms with Crippen LogP contribution in [0, 0.1) is 3.70 Å². The van der Waals surface area contributed by atoms with Crippen molar-refractivity contribution in [2.45, 2.75) is 26.4 Å².